The fourth-order valence-corrected chi connectivity index (χ4v) is 2.70. The molecule has 0 amide bonds. The van der Waals surface area contributed by atoms with Gasteiger partial charge in [-0.15, -0.1) is 5.10 Å². The van der Waals surface area contributed by atoms with Crippen LogP contribution in [-0.4, -0.2) is 29.9 Å². The third-order valence-electron chi connectivity index (χ3n) is 3.00. The van der Waals surface area contributed by atoms with Gasteiger partial charge in [-0.3, -0.25) is 0 Å². The average Bonchev–Trinajstić information content (AvgIpc) is 2.96. The quantitative estimate of drug-likeness (QED) is 0.792. The molecule has 0 bridgehead atoms. The van der Waals surface area contributed by atoms with E-state index < -0.39 is 0 Å². The third kappa shape index (κ3) is 3.33. The molecule has 2 aromatic rings. The number of hydrogen-bond acceptors (Lipinski definition) is 6. The van der Waals surface area contributed by atoms with Gasteiger partial charge in [-0.2, -0.15) is 0 Å². The number of hydrogen-bond donors (Lipinski definition) is 1. The second kappa shape index (κ2) is 7.33. The van der Waals surface area contributed by atoms with Crippen molar-refractivity contribution in [1.29, 1.82) is 0 Å². The largest absolute Gasteiger partial charge is 0.491 e. The Labute approximate surface area is 122 Å². The first kappa shape index (κ1) is 14.9. The van der Waals surface area contributed by atoms with E-state index in [2.05, 4.69) is 9.59 Å². The van der Waals surface area contributed by atoms with Gasteiger partial charge in [-0.1, -0.05) is 29.6 Å². The van der Waals surface area contributed by atoms with Crippen LogP contribution in [0.25, 0.3) is 0 Å². The van der Waals surface area contributed by atoms with Crippen LogP contribution in [0.3, 0.4) is 0 Å². The number of nitrogens with two attached hydrogens (primary N) is 1. The van der Waals surface area contributed by atoms with Gasteiger partial charge in [0.05, 0.1) is 23.2 Å². The van der Waals surface area contributed by atoms with Crippen LogP contribution in [0.4, 0.5) is 0 Å². The van der Waals surface area contributed by atoms with Crippen LogP contribution in [0, 0.1) is 0 Å². The van der Waals surface area contributed by atoms with Crippen molar-refractivity contribution in [2.75, 3.05) is 20.3 Å². The Balaban J connectivity index is 2.23. The molecule has 0 spiro atoms. The maximum atomic E-state index is 6.36. The maximum absolute atomic E-state index is 6.36. The number of rotatable bonds is 7. The van der Waals surface area contributed by atoms with Gasteiger partial charge in [-0.05, 0) is 24.0 Å². The smallest absolute Gasteiger partial charge is 0.124 e. The Morgan fingerprint density at radius 3 is 2.85 bits per heavy atom. The number of nitrogens with zero attached hydrogens (tertiary/aromatic N) is 2. The Kier molecular flexibility index (Phi) is 5.46. The van der Waals surface area contributed by atoms with Gasteiger partial charge in [-0.25, -0.2) is 0 Å². The average molecular weight is 293 g/mol. The van der Waals surface area contributed by atoms with Gasteiger partial charge in [0.25, 0.3) is 0 Å². The van der Waals surface area contributed by atoms with Crippen LogP contribution in [0.15, 0.2) is 24.3 Å². The van der Waals surface area contributed by atoms with Gasteiger partial charge in [0.15, 0.2) is 0 Å². The second-order valence-electron chi connectivity index (χ2n) is 4.29. The molecule has 1 unspecified atom stereocenters. The first-order valence-electron chi connectivity index (χ1n) is 6.55. The van der Waals surface area contributed by atoms with Gasteiger partial charge >= 0.3 is 0 Å². The molecule has 0 saturated carbocycles. The zero-order valence-electron chi connectivity index (χ0n) is 11.7. The summed E-state index contributed by atoms with van der Waals surface area (Å²) in [7, 11) is 1.65. The number of methoxy groups -OCH3 is 1. The molecule has 0 aliphatic carbocycles. The molecule has 1 aromatic heterocycles. The fraction of sp³-hybridized carbons (Fsp3) is 0.429. The molecule has 20 heavy (non-hydrogen) atoms. The molecular weight excluding hydrogens is 274 g/mol. The summed E-state index contributed by atoms with van der Waals surface area (Å²) in [6.07, 6.45) is 0.826. The van der Waals surface area contributed by atoms with Crippen LogP contribution in [-0.2, 0) is 11.2 Å². The zero-order chi connectivity index (χ0) is 14.4. The van der Waals surface area contributed by atoms with E-state index >= 15 is 0 Å². The summed E-state index contributed by atoms with van der Waals surface area (Å²) in [6, 6.07) is 7.53. The van der Waals surface area contributed by atoms with E-state index in [1.54, 1.807) is 7.11 Å². The topological polar surface area (TPSA) is 70.3 Å². The lowest BCUT2D eigenvalue weighted by Gasteiger charge is -2.16. The van der Waals surface area contributed by atoms with E-state index in [0.29, 0.717) is 13.2 Å². The van der Waals surface area contributed by atoms with E-state index in [1.807, 2.05) is 31.2 Å². The highest BCUT2D eigenvalue weighted by Gasteiger charge is 2.19. The molecule has 0 fully saturated rings. The predicted molar refractivity (Wildman–Crippen MR) is 79.1 cm³/mol. The van der Waals surface area contributed by atoms with Crippen molar-refractivity contribution in [3.8, 4) is 5.75 Å². The van der Waals surface area contributed by atoms with Gasteiger partial charge in [0.1, 0.15) is 12.4 Å². The van der Waals surface area contributed by atoms with E-state index in [9.17, 15) is 0 Å². The highest BCUT2D eigenvalue weighted by Crippen LogP contribution is 2.31. The number of benzene rings is 1. The lowest BCUT2D eigenvalue weighted by Crippen LogP contribution is -2.15. The van der Waals surface area contributed by atoms with Crippen molar-refractivity contribution in [1.82, 2.24) is 9.59 Å². The lowest BCUT2D eigenvalue weighted by atomic mass is 10.0. The van der Waals surface area contributed by atoms with Crippen molar-refractivity contribution in [2.24, 2.45) is 5.73 Å². The van der Waals surface area contributed by atoms with Crippen LogP contribution in [0.2, 0.25) is 0 Å². The molecule has 0 aliphatic heterocycles. The minimum absolute atomic E-state index is 0.260. The van der Waals surface area contributed by atoms with Crippen molar-refractivity contribution < 1.29 is 9.47 Å². The molecule has 0 radical (unpaired) electrons. The summed E-state index contributed by atoms with van der Waals surface area (Å²) in [6.45, 7) is 3.10. The van der Waals surface area contributed by atoms with E-state index in [4.69, 9.17) is 15.2 Å². The lowest BCUT2D eigenvalue weighted by molar-refractivity contribution is 0.145. The third-order valence-corrected chi connectivity index (χ3v) is 3.85. The summed E-state index contributed by atoms with van der Waals surface area (Å²) < 4.78 is 14.7. The standard InChI is InChI=1S/C14H19N3O2S/c1-3-11-14(20-17-16-11)13(15)10-6-4-5-7-12(10)19-9-8-18-2/h4-7,13H,3,8-9,15H2,1-2H3. The highest BCUT2D eigenvalue weighted by molar-refractivity contribution is 7.05. The van der Waals surface area contributed by atoms with Crippen molar-refractivity contribution in [3.63, 3.8) is 0 Å². The Bertz CT molecular complexity index is 545. The summed E-state index contributed by atoms with van der Waals surface area (Å²) in [5.41, 5.74) is 8.26. The van der Waals surface area contributed by atoms with Crippen molar-refractivity contribution >= 4 is 11.5 Å². The minimum Gasteiger partial charge on any atom is -0.491 e. The molecule has 108 valence electrons. The monoisotopic (exact) mass is 293 g/mol. The molecular formula is C14H19N3O2S. The molecule has 0 saturated heterocycles. The van der Waals surface area contributed by atoms with Crippen molar-refractivity contribution in [3.05, 3.63) is 40.4 Å². The Hall–Kier alpha value is -1.50. The first-order valence-corrected chi connectivity index (χ1v) is 7.32. The SMILES string of the molecule is CCc1nnsc1C(N)c1ccccc1OCCOC. The molecule has 5 nitrogen and oxygen atoms in total. The summed E-state index contributed by atoms with van der Waals surface area (Å²) in [4.78, 5) is 0.996. The van der Waals surface area contributed by atoms with E-state index in [1.165, 1.54) is 11.5 Å². The number of ether oxygens (including phenoxy) is 2. The van der Waals surface area contributed by atoms with Gasteiger partial charge in [0.2, 0.25) is 0 Å². The molecule has 6 heteroatoms. The van der Waals surface area contributed by atoms with E-state index in [0.717, 1.165) is 28.3 Å². The van der Waals surface area contributed by atoms with Gasteiger partial charge in [0, 0.05) is 12.7 Å². The fourth-order valence-electron chi connectivity index (χ4n) is 1.94. The number of aromatic nitrogens is 2. The predicted octanol–water partition coefficient (Wildman–Crippen LogP) is 2.17. The molecule has 0 aliphatic rings. The first-order chi connectivity index (χ1) is 9.77. The molecule has 2 N–H and O–H groups in total. The minimum atomic E-state index is -0.260. The number of para-hydroxylation sites is 1. The summed E-state index contributed by atoms with van der Waals surface area (Å²) >= 11 is 1.35. The normalized spacial score (nSPS) is 12.3. The molecule has 1 aromatic carbocycles. The van der Waals surface area contributed by atoms with Crippen LogP contribution >= 0.6 is 11.5 Å². The Morgan fingerprint density at radius 2 is 2.10 bits per heavy atom. The van der Waals surface area contributed by atoms with Crippen LogP contribution in [0.1, 0.15) is 29.1 Å². The van der Waals surface area contributed by atoms with Crippen molar-refractivity contribution in [2.45, 2.75) is 19.4 Å². The van der Waals surface area contributed by atoms with E-state index in [-0.39, 0.29) is 6.04 Å². The zero-order valence-corrected chi connectivity index (χ0v) is 12.5. The summed E-state index contributed by atoms with van der Waals surface area (Å²) in [5, 5.41) is 4.11. The van der Waals surface area contributed by atoms with Gasteiger partial charge < -0.3 is 15.2 Å². The Morgan fingerprint density at radius 1 is 1.30 bits per heavy atom. The van der Waals surface area contributed by atoms with Crippen LogP contribution < -0.4 is 10.5 Å². The van der Waals surface area contributed by atoms with Crippen LogP contribution in [0.5, 0.6) is 5.75 Å². The molecule has 1 heterocycles. The summed E-state index contributed by atoms with van der Waals surface area (Å²) in [5.74, 6) is 0.785. The highest BCUT2D eigenvalue weighted by atomic mass is 32.1. The molecule has 2 rings (SSSR count). The molecule has 1 atom stereocenters. The number of aryl methyl sites for hydroxylation is 1. The second-order valence-corrected chi connectivity index (χ2v) is 5.08. The maximum Gasteiger partial charge on any atom is 0.124 e.